The molecule has 3 aromatic rings. The molecule has 0 saturated heterocycles. The Labute approximate surface area is 173 Å². The van der Waals surface area contributed by atoms with E-state index in [1.54, 1.807) is 50.2 Å². The molecule has 1 unspecified atom stereocenters. The monoisotopic (exact) mass is 430 g/mol. The van der Waals surface area contributed by atoms with Gasteiger partial charge in [0.15, 0.2) is 0 Å². The van der Waals surface area contributed by atoms with Gasteiger partial charge in [-0.2, -0.15) is 0 Å². The normalized spacial score (nSPS) is 13.0. The molecule has 0 N–H and O–H groups in total. The van der Waals surface area contributed by atoms with Crippen LogP contribution in [0.25, 0.3) is 0 Å². The smallest absolute Gasteiger partial charge is 0.248 e. The number of aryl methyl sites for hydroxylation is 2. The predicted octanol–water partition coefficient (Wildman–Crippen LogP) is 6.28. The molecule has 3 nitrogen and oxygen atoms in total. The molecule has 0 radical (unpaired) electrons. The first-order chi connectivity index (χ1) is 13.3. The van der Waals surface area contributed by atoms with Crippen molar-refractivity contribution in [3.8, 4) is 0 Å². The summed E-state index contributed by atoms with van der Waals surface area (Å²) in [4.78, 5) is 27.1. The minimum atomic E-state index is -4.25. The largest absolute Gasteiger partial charge is 0.302 e. The molecule has 0 heterocycles. The highest BCUT2D eigenvalue weighted by Gasteiger charge is 2.44. The van der Waals surface area contributed by atoms with Crippen molar-refractivity contribution in [2.24, 2.45) is 0 Å². The van der Waals surface area contributed by atoms with Crippen LogP contribution in [0.4, 0.5) is 0 Å². The second-order valence-corrected chi connectivity index (χ2v) is 9.78. The van der Waals surface area contributed by atoms with E-state index in [9.17, 15) is 14.2 Å². The molecule has 0 spiro atoms. The summed E-state index contributed by atoms with van der Waals surface area (Å²) in [6.07, 6.45) is 0. The Kier molecular flexibility index (Phi) is 5.90. The Balaban J connectivity index is 2.31. The lowest BCUT2D eigenvalue weighted by Crippen LogP contribution is -2.22. The third-order valence-electron chi connectivity index (χ3n) is 4.56. The van der Waals surface area contributed by atoms with E-state index in [0.29, 0.717) is 11.1 Å². The predicted molar refractivity (Wildman–Crippen MR) is 115 cm³/mol. The van der Waals surface area contributed by atoms with Gasteiger partial charge in [-0.15, -0.1) is 0 Å². The van der Waals surface area contributed by atoms with Crippen molar-refractivity contribution < 1.29 is 14.2 Å². The maximum atomic E-state index is 14.2. The Morgan fingerprint density at radius 1 is 0.679 bits per heavy atom. The van der Waals surface area contributed by atoms with Gasteiger partial charge < -0.3 is 4.57 Å². The van der Waals surface area contributed by atoms with Crippen molar-refractivity contribution in [1.29, 1.82) is 0 Å². The standard InChI is InChI=1S/C22H17Cl2O3P/c1-14-8-6-9-15(2)19(14)21(25)28(27,16-10-4-3-5-11-16)22(26)20-17(23)12-7-13-18(20)24/h3-13H,1-2H3. The topological polar surface area (TPSA) is 51.2 Å². The van der Waals surface area contributed by atoms with Crippen LogP contribution in [0.2, 0.25) is 10.0 Å². The Morgan fingerprint density at radius 3 is 1.68 bits per heavy atom. The summed E-state index contributed by atoms with van der Waals surface area (Å²) < 4.78 is 14.2. The van der Waals surface area contributed by atoms with Crippen LogP contribution in [-0.2, 0) is 4.57 Å². The molecule has 0 aliphatic heterocycles. The molecule has 0 fully saturated rings. The van der Waals surface area contributed by atoms with Gasteiger partial charge in [-0.1, -0.05) is 77.8 Å². The summed E-state index contributed by atoms with van der Waals surface area (Å²) in [5.41, 5.74) is -0.0838. The number of rotatable bonds is 5. The Bertz CT molecular complexity index is 1020. The lowest BCUT2D eigenvalue weighted by Gasteiger charge is -2.20. The van der Waals surface area contributed by atoms with Crippen molar-refractivity contribution in [2.75, 3.05) is 0 Å². The fourth-order valence-electron chi connectivity index (χ4n) is 3.13. The van der Waals surface area contributed by atoms with Gasteiger partial charge in [-0.25, -0.2) is 0 Å². The minimum absolute atomic E-state index is 0.0583. The third-order valence-corrected chi connectivity index (χ3v) is 7.81. The summed E-state index contributed by atoms with van der Waals surface area (Å²) >= 11 is 12.4. The molecule has 0 amide bonds. The van der Waals surface area contributed by atoms with Crippen LogP contribution in [0.3, 0.4) is 0 Å². The summed E-state index contributed by atoms with van der Waals surface area (Å²) in [7, 11) is -4.25. The van der Waals surface area contributed by atoms with Gasteiger partial charge in [-0.3, -0.25) is 9.59 Å². The summed E-state index contributed by atoms with van der Waals surface area (Å²) in [6, 6.07) is 17.9. The van der Waals surface area contributed by atoms with E-state index >= 15 is 0 Å². The van der Waals surface area contributed by atoms with Crippen molar-refractivity contribution in [3.63, 3.8) is 0 Å². The quantitative estimate of drug-likeness (QED) is 0.447. The summed E-state index contributed by atoms with van der Waals surface area (Å²) in [5, 5.41) is 0.273. The number of carbonyl (C=O) groups excluding carboxylic acids is 2. The highest BCUT2D eigenvalue weighted by atomic mass is 35.5. The van der Waals surface area contributed by atoms with Crippen molar-refractivity contribution in [1.82, 2.24) is 0 Å². The van der Waals surface area contributed by atoms with E-state index in [1.165, 1.54) is 24.3 Å². The zero-order chi connectivity index (χ0) is 20.5. The molecule has 0 aliphatic carbocycles. The van der Waals surface area contributed by atoms with Gasteiger partial charge >= 0.3 is 0 Å². The van der Waals surface area contributed by atoms with E-state index in [2.05, 4.69) is 0 Å². The molecule has 0 bridgehead atoms. The zero-order valence-electron chi connectivity index (χ0n) is 15.3. The number of hydrogen-bond donors (Lipinski definition) is 0. The van der Waals surface area contributed by atoms with Gasteiger partial charge in [0.25, 0.3) is 0 Å². The first kappa shape index (κ1) is 20.5. The second kappa shape index (κ2) is 8.05. The summed E-state index contributed by atoms with van der Waals surface area (Å²) in [5.74, 6) is 0. The van der Waals surface area contributed by atoms with Crippen LogP contribution in [0.15, 0.2) is 66.7 Å². The van der Waals surface area contributed by atoms with Gasteiger partial charge in [0.2, 0.25) is 18.2 Å². The fourth-order valence-corrected chi connectivity index (χ4v) is 6.30. The van der Waals surface area contributed by atoms with E-state index in [1.807, 2.05) is 6.07 Å². The maximum Gasteiger partial charge on any atom is 0.248 e. The number of carbonyl (C=O) groups is 2. The van der Waals surface area contributed by atoms with Crippen LogP contribution in [0.1, 0.15) is 31.8 Å². The van der Waals surface area contributed by atoms with Gasteiger partial charge in [0.05, 0.1) is 15.6 Å². The lowest BCUT2D eigenvalue weighted by molar-refractivity contribution is 0.104. The van der Waals surface area contributed by atoms with Gasteiger partial charge in [0, 0.05) is 10.9 Å². The van der Waals surface area contributed by atoms with Crippen molar-refractivity contribution >= 4 is 46.7 Å². The average molecular weight is 431 g/mol. The van der Waals surface area contributed by atoms with E-state index in [-0.39, 0.29) is 26.5 Å². The van der Waals surface area contributed by atoms with Crippen molar-refractivity contribution in [2.45, 2.75) is 13.8 Å². The molecule has 28 heavy (non-hydrogen) atoms. The van der Waals surface area contributed by atoms with Gasteiger partial charge in [0.1, 0.15) is 0 Å². The van der Waals surface area contributed by atoms with Gasteiger partial charge in [-0.05, 0) is 37.1 Å². The molecule has 0 aromatic heterocycles. The highest BCUT2D eigenvalue weighted by Crippen LogP contribution is 2.53. The van der Waals surface area contributed by atoms with Crippen LogP contribution < -0.4 is 5.30 Å². The lowest BCUT2D eigenvalue weighted by atomic mass is 10.0. The van der Waals surface area contributed by atoms with E-state index in [0.717, 1.165) is 0 Å². The molecule has 1 atom stereocenters. The number of hydrogen-bond acceptors (Lipinski definition) is 3. The average Bonchev–Trinajstić information content (AvgIpc) is 2.67. The molecule has 6 heteroatoms. The van der Waals surface area contributed by atoms with Crippen LogP contribution in [-0.4, -0.2) is 11.0 Å². The molecule has 0 aliphatic rings. The molecule has 0 saturated carbocycles. The molecule has 142 valence electrons. The fraction of sp³-hybridized carbons (Fsp3) is 0.0909. The van der Waals surface area contributed by atoms with E-state index in [4.69, 9.17) is 23.2 Å². The molecule has 3 rings (SSSR count). The second-order valence-electron chi connectivity index (χ2n) is 6.42. The first-order valence-electron chi connectivity index (χ1n) is 8.54. The maximum absolute atomic E-state index is 14.2. The zero-order valence-corrected chi connectivity index (χ0v) is 17.7. The first-order valence-corrected chi connectivity index (χ1v) is 11.0. The Morgan fingerprint density at radius 2 is 1.14 bits per heavy atom. The Hall–Kier alpha value is -2.19. The van der Waals surface area contributed by atoms with Crippen LogP contribution in [0, 0.1) is 13.8 Å². The number of benzene rings is 3. The van der Waals surface area contributed by atoms with Crippen LogP contribution >= 0.6 is 30.3 Å². The molecular weight excluding hydrogens is 414 g/mol. The SMILES string of the molecule is Cc1cccc(C)c1C(=O)P(=O)(C(=O)c1c(Cl)cccc1Cl)c1ccccc1. The molecular formula is C22H17Cl2O3P. The van der Waals surface area contributed by atoms with Crippen LogP contribution in [0.5, 0.6) is 0 Å². The molecule has 3 aromatic carbocycles. The number of halogens is 2. The third kappa shape index (κ3) is 3.46. The summed E-state index contributed by atoms with van der Waals surface area (Å²) in [6.45, 7) is 3.50. The highest BCUT2D eigenvalue weighted by molar-refractivity contribution is 8.01. The minimum Gasteiger partial charge on any atom is -0.302 e. The van der Waals surface area contributed by atoms with E-state index < -0.39 is 18.2 Å². The van der Waals surface area contributed by atoms with Crippen molar-refractivity contribution in [3.05, 3.63) is 99.0 Å².